The molecule has 33 heavy (non-hydrogen) atoms. The highest BCUT2D eigenvalue weighted by Crippen LogP contribution is 2.36. The lowest BCUT2D eigenvalue weighted by molar-refractivity contribution is -0.0835. The van der Waals surface area contributed by atoms with Gasteiger partial charge in [0, 0.05) is 23.7 Å². The van der Waals surface area contributed by atoms with Gasteiger partial charge < -0.3 is 23.5 Å². The van der Waals surface area contributed by atoms with Crippen LogP contribution in [-0.4, -0.2) is 50.3 Å². The van der Waals surface area contributed by atoms with Gasteiger partial charge in [-0.2, -0.15) is 0 Å². The minimum atomic E-state index is 0.0134. The smallest absolute Gasteiger partial charge is 0.131 e. The first kappa shape index (κ1) is 23.8. The van der Waals surface area contributed by atoms with E-state index in [-0.39, 0.29) is 6.10 Å². The van der Waals surface area contributed by atoms with E-state index in [1.807, 2.05) is 0 Å². The van der Waals surface area contributed by atoms with Gasteiger partial charge in [0.15, 0.2) is 0 Å². The number of nitrogens with zero attached hydrogens (tertiary/aromatic N) is 2. The normalized spacial score (nSPS) is 18.0. The Balaban J connectivity index is 1.70. The molecule has 0 bridgehead atoms. The summed E-state index contributed by atoms with van der Waals surface area (Å²) < 4.78 is 25.9. The molecule has 1 fully saturated rings. The molecular formula is C27H38N2O4. The topological polar surface area (TPSA) is 54.2 Å². The van der Waals surface area contributed by atoms with Crippen molar-refractivity contribution in [1.82, 2.24) is 4.57 Å². The zero-order valence-corrected chi connectivity index (χ0v) is 20.4. The van der Waals surface area contributed by atoms with Crippen LogP contribution in [0.2, 0.25) is 0 Å². The van der Waals surface area contributed by atoms with E-state index >= 15 is 0 Å². The maximum absolute atomic E-state index is 6.23. The standard InChI is InChI=1S/C27H38N2O4/c1-4-6-12-31-22-8-9-24-21(16-22)10-11-29-26(28-18-23-19-30-14-15-32-23)17-25(20(3)27(24)29)33-13-7-5-2/h8-9,16-17,23H,4-7,10-15,18-19H2,1-3H3/b28-26+/t23-/m1/s1. The minimum Gasteiger partial charge on any atom is -0.494 e. The maximum Gasteiger partial charge on any atom is 0.131 e. The molecule has 0 saturated carbocycles. The Morgan fingerprint density at radius 2 is 1.88 bits per heavy atom. The van der Waals surface area contributed by atoms with Gasteiger partial charge in [-0.3, -0.25) is 4.99 Å². The summed E-state index contributed by atoms with van der Waals surface area (Å²) in [6.45, 7) is 11.4. The molecule has 0 N–H and O–H groups in total. The van der Waals surface area contributed by atoms with Crippen LogP contribution in [0, 0.1) is 6.92 Å². The van der Waals surface area contributed by atoms with Crippen molar-refractivity contribution in [1.29, 1.82) is 0 Å². The average Bonchev–Trinajstić information content (AvgIpc) is 2.85. The number of unbranched alkanes of at least 4 members (excludes halogenated alkanes) is 2. The van der Waals surface area contributed by atoms with E-state index in [9.17, 15) is 0 Å². The second-order valence-electron chi connectivity index (χ2n) is 8.87. The molecule has 0 aliphatic carbocycles. The van der Waals surface area contributed by atoms with Crippen LogP contribution in [0.5, 0.6) is 11.5 Å². The zero-order valence-electron chi connectivity index (χ0n) is 20.4. The summed E-state index contributed by atoms with van der Waals surface area (Å²) in [6, 6.07) is 8.61. The highest BCUT2D eigenvalue weighted by atomic mass is 16.6. The van der Waals surface area contributed by atoms with Crippen molar-refractivity contribution in [2.24, 2.45) is 4.99 Å². The Morgan fingerprint density at radius 1 is 1.06 bits per heavy atom. The van der Waals surface area contributed by atoms with Gasteiger partial charge in [0.25, 0.3) is 0 Å². The summed E-state index contributed by atoms with van der Waals surface area (Å²) in [6.07, 6.45) is 5.34. The molecule has 1 aromatic heterocycles. The van der Waals surface area contributed by atoms with Crippen molar-refractivity contribution < 1.29 is 18.9 Å². The first-order chi connectivity index (χ1) is 16.2. The fourth-order valence-corrected chi connectivity index (χ4v) is 4.42. The number of benzene rings is 1. The summed E-state index contributed by atoms with van der Waals surface area (Å²) in [7, 11) is 0. The van der Waals surface area contributed by atoms with Crippen LogP contribution in [0.1, 0.15) is 50.7 Å². The van der Waals surface area contributed by atoms with Crippen molar-refractivity contribution in [2.75, 3.05) is 39.6 Å². The van der Waals surface area contributed by atoms with Crippen LogP contribution in [0.15, 0.2) is 29.3 Å². The lowest BCUT2D eigenvalue weighted by Gasteiger charge is -2.27. The third-order valence-corrected chi connectivity index (χ3v) is 6.33. The van der Waals surface area contributed by atoms with Gasteiger partial charge in [0.1, 0.15) is 23.1 Å². The first-order valence-electron chi connectivity index (χ1n) is 12.5. The Hall–Kier alpha value is -2.31. The van der Waals surface area contributed by atoms with Gasteiger partial charge in [-0.15, -0.1) is 0 Å². The molecule has 1 aromatic carbocycles. The monoisotopic (exact) mass is 454 g/mol. The molecule has 0 unspecified atom stereocenters. The first-order valence-corrected chi connectivity index (χ1v) is 12.5. The summed E-state index contributed by atoms with van der Waals surface area (Å²) in [5, 5.41) is 0. The average molecular weight is 455 g/mol. The summed E-state index contributed by atoms with van der Waals surface area (Å²) in [4.78, 5) is 4.97. The lowest BCUT2D eigenvalue weighted by atomic mass is 9.94. The van der Waals surface area contributed by atoms with Crippen molar-refractivity contribution >= 4 is 0 Å². The van der Waals surface area contributed by atoms with Crippen LogP contribution < -0.4 is 15.0 Å². The molecule has 6 heteroatoms. The molecule has 2 aliphatic heterocycles. The van der Waals surface area contributed by atoms with Crippen LogP contribution in [0.3, 0.4) is 0 Å². The third-order valence-electron chi connectivity index (χ3n) is 6.33. The highest BCUT2D eigenvalue weighted by Gasteiger charge is 2.22. The van der Waals surface area contributed by atoms with Gasteiger partial charge in [0.05, 0.1) is 45.3 Å². The van der Waals surface area contributed by atoms with Crippen LogP contribution in [-0.2, 0) is 22.4 Å². The summed E-state index contributed by atoms with van der Waals surface area (Å²) in [5.74, 6) is 1.88. The van der Waals surface area contributed by atoms with Crippen molar-refractivity contribution in [3.05, 3.63) is 40.9 Å². The number of aromatic nitrogens is 1. The number of aryl methyl sites for hydroxylation is 1. The fraction of sp³-hybridized carbons (Fsp3) is 0.593. The lowest BCUT2D eigenvalue weighted by Crippen LogP contribution is -2.33. The molecule has 2 aromatic rings. The van der Waals surface area contributed by atoms with Crippen LogP contribution in [0.4, 0.5) is 0 Å². The van der Waals surface area contributed by atoms with E-state index in [2.05, 4.69) is 49.6 Å². The Bertz CT molecular complexity index is 992. The van der Waals surface area contributed by atoms with E-state index in [0.717, 1.165) is 68.8 Å². The third kappa shape index (κ3) is 5.79. The molecule has 2 aliphatic rings. The number of rotatable bonds is 10. The Kier molecular flexibility index (Phi) is 8.46. The molecule has 180 valence electrons. The van der Waals surface area contributed by atoms with E-state index in [4.69, 9.17) is 23.9 Å². The van der Waals surface area contributed by atoms with Crippen molar-refractivity contribution in [3.8, 4) is 22.8 Å². The highest BCUT2D eigenvalue weighted by molar-refractivity contribution is 5.71. The maximum atomic E-state index is 6.23. The van der Waals surface area contributed by atoms with Crippen LogP contribution in [0.25, 0.3) is 11.3 Å². The van der Waals surface area contributed by atoms with E-state index in [1.165, 1.54) is 22.4 Å². The molecule has 0 amide bonds. The molecule has 6 nitrogen and oxygen atoms in total. The van der Waals surface area contributed by atoms with Crippen molar-refractivity contribution in [3.63, 3.8) is 0 Å². The van der Waals surface area contributed by atoms with Gasteiger partial charge in [-0.25, -0.2) is 0 Å². The second-order valence-corrected chi connectivity index (χ2v) is 8.87. The molecule has 1 atom stereocenters. The molecule has 0 spiro atoms. The number of pyridine rings is 1. The predicted octanol–water partition coefficient (Wildman–Crippen LogP) is 4.69. The van der Waals surface area contributed by atoms with Crippen molar-refractivity contribution in [2.45, 2.75) is 65.5 Å². The van der Waals surface area contributed by atoms with Gasteiger partial charge in [0.2, 0.25) is 0 Å². The number of hydrogen-bond acceptors (Lipinski definition) is 5. The number of fused-ring (bicyclic) bond motifs is 3. The fourth-order valence-electron chi connectivity index (χ4n) is 4.42. The molecule has 0 radical (unpaired) electrons. The van der Waals surface area contributed by atoms with E-state index < -0.39 is 0 Å². The minimum absolute atomic E-state index is 0.0134. The number of hydrogen-bond donors (Lipinski definition) is 0. The summed E-state index contributed by atoms with van der Waals surface area (Å²) in [5.41, 5.74) is 5.89. The Morgan fingerprint density at radius 3 is 2.64 bits per heavy atom. The van der Waals surface area contributed by atoms with E-state index in [0.29, 0.717) is 26.4 Å². The predicted molar refractivity (Wildman–Crippen MR) is 130 cm³/mol. The largest absolute Gasteiger partial charge is 0.494 e. The van der Waals surface area contributed by atoms with Gasteiger partial charge in [-0.05, 0) is 49.9 Å². The van der Waals surface area contributed by atoms with E-state index in [1.54, 1.807) is 0 Å². The number of ether oxygens (including phenoxy) is 4. The van der Waals surface area contributed by atoms with Gasteiger partial charge >= 0.3 is 0 Å². The zero-order chi connectivity index (χ0) is 23.0. The molecule has 4 rings (SSSR count). The SMILES string of the molecule is CCCCOc1ccc2c(c1)CCn1c-2c(C)c(OCCCC)c/c1=N\C[C@@H]1COCCO1. The van der Waals surface area contributed by atoms with Crippen LogP contribution >= 0.6 is 0 Å². The quantitative estimate of drug-likeness (QED) is 0.489. The molecule has 3 heterocycles. The van der Waals surface area contributed by atoms with Gasteiger partial charge in [-0.1, -0.05) is 26.7 Å². The Labute approximate surface area is 197 Å². The summed E-state index contributed by atoms with van der Waals surface area (Å²) >= 11 is 0. The molecular weight excluding hydrogens is 416 g/mol. The second kappa shape index (κ2) is 11.7. The molecule has 1 saturated heterocycles.